The van der Waals surface area contributed by atoms with Crippen molar-refractivity contribution in [2.45, 2.75) is 13.0 Å². The number of rotatable bonds is 1. The maximum atomic E-state index is 13.1. The zero-order chi connectivity index (χ0) is 9.30. The second-order valence-electron chi connectivity index (χ2n) is 2.55. The first-order valence-corrected chi connectivity index (χ1v) is 4.18. The topological polar surface area (TPSA) is 26.0 Å². The fourth-order valence-corrected chi connectivity index (χ4v) is 1.45. The van der Waals surface area contributed by atoms with E-state index in [2.05, 4.69) is 0 Å². The first-order chi connectivity index (χ1) is 5.54. The summed E-state index contributed by atoms with van der Waals surface area (Å²) < 4.78 is 13.1. The molecular weight excluding hydrogens is 200 g/mol. The lowest BCUT2D eigenvalue weighted by molar-refractivity contribution is 0.594. The van der Waals surface area contributed by atoms with Crippen LogP contribution in [0.4, 0.5) is 4.39 Å². The standard InChI is InChI=1S/C8H8Cl2FN/c1-4(12)7-6(11)3-2-5(9)8(7)10/h2-4H,12H2,1H3/t4-/m1/s1. The molecule has 0 fully saturated rings. The highest BCUT2D eigenvalue weighted by molar-refractivity contribution is 6.42. The molecule has 0 amide bonds. The lowest BCUT2D eigenvalue weighted by Crippen LogP contribution is -2.08. The molecule has 0 unspecified atom stereocenters. The van der Waals surface area contributed by atoms with Crippen molar-refractivity contribution in [3.8, 4) is 0 Å². The molecular formula is C8H8Cl2FN. The summed E-state index contributed by atoms with van der Waals surface area (Å²) in [6.07, 6.45) is 0. The minimum Gasteiger partial charge on any atom is -0.324 e. The monoisotopic (exact) mass is 207 g/mol. The maximum absolute atomic E-state index is 13.1. The van der Waals surface area contributed by atoms with Crippen LogP contribution in [0.2, 0.25) is 10.0 Å². The van der Waals surface area contributed by atoms with Gasteiger partial charge in [0.2, 0.25) is 0 Å². The molecule has 2 N–H and O–H groups in total. The molecule has 0 saturated carbocycles. The van der Waals surface area contributed by atoms with Gasteiger partial charge in [0, 0.05) is 11.6 Å². The van der Waals surface area contributed by atoms with Crippen LogP contribution in [0.25, 0.3) is 0 Å². The fourth-order valence-electron chi connectivity index (χ4n) is 0.960. The summed E-state index contributed by atoms with van der Waals surface area (Å²) in [5.41, 5.74) is 5.77. The Morgan fingerprint density at radius 2 is 2.00 bits per heavy atom. The van der Waals surface area contributed by atoms with Gasteiger partial charge in [-0.25, -0.2) is 4.39 Å². The van der Waals surface area contributed by atoms with Crippen LogP contribution in [0.3, 0.4) is 0 Å². The van der Waals surface area contributed by atoms with Gasteiger partial charge in [-0.15, -0.1) is 0 Å². The van der Waals surface area contributed by atoms with E-state index in [-0.39, 0.29) is 10.6 Å². The lowest BCUT2D eigenvalue weighted by atomic mass is 10.1. The van der Waals surface area contributed by atoms with Crippen molar-refractivity contribution >= 4 is 23.2 Å². The molecule has 12 heavy (non-hydrogen) atoms. The van der Waals surface area contributed by atoms with Gasteiger partial charge < -0.3 is 5.73 Å². The maximum Gasteiger partial charge on any atom is 0.129 e. The van der Waals surface area contributed by atoms with E-state index in [9.17, 15) is 4.39 Å². The molecule has 0 saturated heterocycles. The summed E-state index contributed by atoms with van der Waals surface area (Å²) in [6, 6.07) is 2.22. The molecule has 0 aliphatic rings. The molecule has 1 atom stereocenters. The quantitative estimate of drug-likeness (QED) is 0.704. The van der Waals surface area contributed by atoms with Crippen molar-refractivity contribution in [3.63, 3.8) is 0 Å². The van der Waals surface area contributed by atoms with Gasteiger partial charge in [0.25, 0.3) is 0 Å². The van der Waals surface area contributed by atoms with E-state index in [1.54, 1.807) is 6.92 Å². The third-order valence-electron chi connectivity index (χ3n) is 1.53. The zero-order valence-corrected chi connectivity index (χ0v) is 7.96. The largest absolute Gasteiger partial charge is 0.324 e. The second-order valence-corrected chi connectivity index (χ2v) is 3.33. The van der Waals surface area contributed by atoms with Gasteiger partial charge in [-0.05, 0) is 19.1 Å². The summed E-state index contributed by atoms with van der Waals surface area (Å²) in [7, 11) is 0. The fraction of sp³-hybridized carbons (Fsp3) is 0.250. The lowest BCUT2D eigenvalue weighted by Gasteiger charge is -2.10. The molecule has 66 valence electrons. The van der Waals surface area contributed by atoms with Gasteiger partial charge in [0.05, 0.1) is 10.0 Å². The van der Waals surface area contributed by atoms with Crippen molar-refractivity contribution in [2.75, 3.05) is 0 Å². The number of hydrogen-bond acceptors (Lipinski definition) is 1. The Labute approximate surface area is 80.3 Å². The van der Waals surface area contributed by atoms with Crippen molar-refractivity contribution in [3.05, 3.63) is 33.6 Å². The van der Waals surface area contributed by atoms with E-state index in [4.69, 9.17) is 28.9 Å². The Bertz CT molecular complexity index is 299. The van der Waals surface area contributed by atoms with E-state index in [1.807, 2.05) is 0 Å². The van der Waals surface area contributed by atoms with E-state index >= 15 is 0 Å². The van der Waals surface area contributed by atoms with Crippen LogP contribution in [0.15, 0.2) is 12.1 Å². The van der Waals surface area contributed by atoms with Gasteiger partial charge >= 0.3 is 0 Å². The summed E-state index contributed by atoms with van der Waals surface area (Å²) >= 11 is 11.4. The van der Waals surface area contributed by atoms with Crippen LogP contribution >= 0.6 is 23.2 Å². The van der Waals surface area contributed by atoms with Crippen LogP contribution in [-0.2, 0) is 0 Å². The average Bonchev–Trinajstić information content (AvgIpc) is 1.97. The summed E-state index contributed by atoms with van der Waals surface area (Å²) in [5, 5.41) is 0.525. The SMILES string of the molecule is C[C@@H](N)c1c(F)ccc(Cl)c1Cl. The zero-order valence-electron chi connectivity index (χ0n) is 6.44. The Hall–Kier alpha value is -0.310. The first kappa shape index (κ1) is 9.78. The van der Waals surface area contributed by atoms with Gasteiger partial charge in [0.15, 0.2) is 0 Å². The van der Waals surface area contributed by atoms with E-state index in [0.717, 1.165) is 0 Å². The summed E-state index contributed by atoms with van der Waals surface area (Å²) in [4.78, 5) is 0. The van der Waals surface area contributed by atoms with Crippen LogP contribution in [0, 0.1) is 5.82 Å². The van der Waals surface area contributed by atoms with Gasteiger partial charge in [-0.3, -0.25) is 0 Å². The first-order valence-electron chi connectivity index (χ1n) is 3.43. The van der Waals surface area contributed by atoms with Gasteiger partial charge in [0.1, 0.15) is 5.82 Å². The molecule has 4 heteroatoms. The van der Waals surface area contributed by atoms with Crippen LogP contribution in [0.1, 0.15) is 18.5 Å². The smallest absolute Gasteiger partial charge is 0.129 e. The van der Waals surface area contributed by atoms with Crippen LogP contribution < -0.4 is 5.73 Å². The van der Waals surface area contributed by atoms with Crippen molar-refractivity contribution in [2.24, 2.45) is 5.73 Å². The molecule has 0 bridgehead atoms. The van der Waals surface area contributed by atoms with Crippen molar-refractivity contribution < 1.29 is 4.39 Å². The highest BCUT2D eigenvalue weighted by Gasteiger charge is 2.13. The molecule has 0 heterocycles. The third kappa shape index (κ3) is 1.71. The number of benzene rings is 1. The summed E-state index contributed by atoms with van der Waals surface area (Å²) in [6.45, 7) is 1.65. The molecule has 0 aromatic heterocycles. The molecule has 0 aliphatic heterocycles. The Morgan fingerprint density at radius 3 is 2.42 bits per heavy atom. The molecule has 1 nitrogen and oxygen atoms in total. The predicted octanol–water partition coefficient (Wildman–Crippen LogP) is 3.15. The third-order valence-corrected chi connectivity index (χ3v) is 2.35. The predicted molar refractivity (Wildman–Crippen MR) is 49.0 cm³/mol. The highest BCUT2D eigenvalue weighted by atomic mass is 35.5. The summed E-state index contributed by atoms with van der Waals surface area (Å²) in [5.74, 6) is -0.417. The molecule has 0 aliphatic carbocycles. The van der Waals surface area contributed by atoms with E-state index in [0.29, 0.717) is 5.02 Å². The number of nitrogens with two attached hydrogens (primary N) is 1. The number of hydrogen-bond donors (Lipinski definition) is 1. The Morgan fingerprint density at radius 1 is 1.42 bits per heavy atom. The van der Waals surface area contributed by atoms with Crippen molar-refractivity contribution in [1.82, 2.24) is 0 Å². The van der Waals surface area contributed by atoms with E-state index in [1.165, 1.54) is 12.1 Å². The Kier molecular flexibility index (Phi) is 2.94. The van der Waals surface area contributed by atoms with Gasteiger partial charge in [-0.2, -0.15) is 0 Å². The molecule has 1 aromatic carbocycles. The van der Waals surface area contributed by atoms with Gasteiger partial charge in [-0.1, -0.05) is 23.2 Å². The molecule has 0 spiro atoms. The molecule has 1 aromatic rings. The van der Waals surface area contributed by atoms with E-state index < -0.39 is 11.9 Å². The van der Waals surface area contributed by atoms with Crippen LogP contribution in [0.5, 0.6) is 0 Å². The highest BCUT2D eigenvalue weighted by Crippen LogP contribution is 2.30. The molecule has 1 rings (SSSR count). The van der Waals surface area contributed by atoms with Crippen molar-refractivity contribution in [1.29, 1.82) is 0 Å². The average molecular weight is 208 g/mol. The normalized spacial score (nSPS) is 13.1. The number of halogens is 3. The molecule has 0 radical (unpaired) electrons. The Balaban J connectivity index is 3.33. The minimum atomic E-state index is -0.448. The second kappa shape index (κ2) is 3.60. The minimum absolute atomic E-state index is 0.201. The van der Waals surface area contributed by atoms with Crippen LogP contribution in [-0.4, -0.2) is 0 Å².